The minimum Gasteiger partial charge on any atom is -0.387 e. The fourth-order valence-electron chi connectivity index (χ4n) is 2.08. The van der Waals surface area contributed by atoms with Crippen molar-refractivity contribution in [2.75, 3.05) is 6.54 Å². The van der Waals surface area contributed by atoms with E-state index in [1.54, 1.807) is 0 Å². The molecule has 0 unspecified atom stereocenters. The second-order valence-electron chi connectivity index (χ2n) is 6.22. The van der Waals surface area contributed by atoms with E-state index in [4.69, 9.17) is 0 Å². The molecule has 0 fully saturated rings. The van der Waals surface area contributed by atoms with Crippen LogP contribution in [0.4, 0.5) is 0 Å². The van der Waals surface area contributed by atoms with Crippen LogP contribution in [-0.4, -0.2) is 22.1 Å². The van der Waals surface area contributed by atoms with Gasteiger partial charge in [-0.05, 0) is 29.1 Å². The van der Waals surface area contributed by atoms with Crippen LogP contribution >= 0.6 is 0 Å². The number of amides is 1. The van der Waals surface area contributed by atoms with Crippen molar-refractivity contribution in [3.05, 3.63) is 36.0 Å². The van der Waals surface area contributed by atoms with Gasteiger partial charge in [0.15, 0.2) is 0 Å². The fraction of sp³-hybridized carbons (Fsp3) is 0.438. The Labute approximate surface area is 119 Å². The molecule has 1 aromatic carbocycles. The van der Waals surface area contributed by atoms with E-state index in [-0.39, 0.29) is 12.5 Å². The zero-order chi connectivity index (χ0) is 14.9. The van der Waals surface area contributed by atoms with Crippen molar-refractivity contribution in [3.8, 4) is 0 Å². The van der Waals surface area contributed by atoms with Crippen LogP contribution in [0.2, 0.25) is 0 Å². The van der Waals surface area contributed by atoms with Crippen molar-refractivity contribution in [3.63, 3.8) is 0 Å². The Balaban J connectivity index is 2.08. The summed E-state index contributed by atoms with van der Waals surface area (Å²) in [5.74, 6) is -0.0580. The number of carbonyl (C=O) groups is 1. The van der Waals surface area contributed by atoms with E-state index in [9.17, 15) is 9.90 Å². The Morgan fingerprint density at radius 2 is 2.05 bits per heavy atom. The van der Waals surface area contributed by atoms with Crippen LogP contribution in [0.5, 0.6) is 0 Å². The highest BCUT2D eigenvalue weighted by atomic mass is 16.3. The number of aliphatic hydroxyl groups is 1. The van der Waals surface area contributed by atoms with Gasteiger partial charge in [0.2, 0.25) is 5.91 Å². The zero-order valence-corrected chi connectivity index (χ0v) is 12.5. The third-order valence-electron chi connectivity index (χ3n) is 3.43. The molecule has 2 N–H and O–H groups in total. The molecule has 1 amide bonds. The van der Waals surface area contributed by atoms with Crippen LogP contribution in [-0.2, 0) is 11.8 Å². The molecule has 0 radical (unpaired) electrons. The van der Waals surface area contributed by atoms with Gasteiger partial charge in [-0.3, -0.25) is 4.79 Å². The first-order valence-corrected chi connectivity index (χ1v) is 6.80. The maximum atomic E-state index is 11.8. The molecule has 20 heavy (non-hydrogen) atoms. The molecule has 0 aliphatic heterocycles. The monoisotopic (exact) mass is 274 g/mol. The molecule has 1 atom stereocenters. The van der Waals surface area contributed by atoms with Crippen molar-refractivity contribution in [2.24, 2.45) is 12.5 Å². The number of hydrogen-bond donors (Lipinski definition) is 2. The van der Waals surface area contributed by atoms with Crippen LogP contribution in [0, 0.1) is 5.41 Å². The Hall–Kier alpha value is -1.81. The summed E-state index contributed by atoms with van der Waals surface area (Å²) in [5.41, 5.74) is 1.50. The molecule has 0 aliphatic carbocycles. The standard InChI is InChI=1S/C16H22N2O2/c1-16(2,3)15(20)17-10-14(19)12-5-6-13-11(9-12)7-8-18(13)4/h5-9,14,19H,10H2,1-4H3,(H,17,20)/t14-/m1/s1. The minimum atomic E-state index is -0.689. The molecule has 1 aromatic heterocycles. The normalized spacial score (nSPS) is 13.4. The lowest BCUT2D eigenvalue weighted by molar-refractivity contribution is -0.128. The summed E-state index contributed by atoms with van der Waals surface area (Å²) < 4.78 is 2.03. The van der Waals surface area contributed by atoms with Crippen molar-refractivity contribution in [1.29, 1.82) is 0 Å². The lowest BCUT2D eigenvalue weighted by Gasteiger charge is -2.19. The van der Waals surface area contributed by atoms with Crippen LogP contribution in [0.25, 0.3) is 10.9 Å². The summed E-state index contributed by atoms with van der Waals surface area (Å²) in [4.78, 5) is 11.8. The summed E-state index contributed by atoms with van der Waals surface area (Å²) in [6.45, 7) is 5.79. The third kappa shape index (κ3) is 3.02. The maximum Gasteiger partial charge on any atom is 0.225 e. The van der Waals surface area contributed by atoms with Gasteiger partial charge in [-0.1, -0.05) is 26.8 Å². The zero-order valence-electron chi connectivity index (χ0n) is 12.5. The minimum absolute atomic E-state index is 0.0580. The van der Waals surface area contributed by atoms with Gasteiger partial charge < -0.3 is 15.0 Å². The molecule has 4 nitrogen and oxygen atoms in total. The Kier molecular flexibility index (Phi) is 3.86. The van der Waals surface area contributed by atoms with Crippen LogP contribution in [0.15, 0.2) is 30.5 Å². The number of aliphatic hydroxyl groups excluding tert-OH is 1. The SMILES string of the molecule is Cn1ccc2cc([C@H](O)CNC(=O)C(C)(C)C)ccc21. The second kappa shape index (κ2) is 5.29. The van der Waals surface area contributed by atoms with E-state index in [1.165, 1.54) is 0 Å². The van der Waals surface area contributed by atoms with E-state index >= 15 is 0 Å². The van der Waals surface area contributed by atoms with E-state index < -0.39 is 11.5 Å². The number of benzene rings is 1. The number of aromatic nitrogens is 1. The van der Waals surface area contributed by atoms with Gasteiger partial charge in [-0.15, -0.1) is 0 Å². The van der Waals surface area contributed by atoms with Crippen molar-refractivity contribution in [1.82, 2.24) is 9.88 Å². The number of aryl methyl sites for hydroxylation is 1. The van der Waals surface area contributed by atoms with Gasteiger partial charge in [0.05, 0.1) is 6.10 Å². The number of hydrogen-bond acceptors (Lipinski definition) is 2. The highest BCUT2D eigenvalue weighted by Crippen LogP contribution is 2.21. The number of carbonyl (C=O) groups excluding carboxylic acids is 1. The lowest BCUT2D eigenvalue weighted by atomic mass is 9.95. The molecule has 2 aromatic rings. The second-order valence-corrected chi connectivity index (χ2v) is 6.22. The van der Waals surface area contributed by atoms with Crippen LogP contribution in [0.3, 0.4) is 0 Å². The molecule has 1 heterocycles. The summed E-state index contributed by atoms with van der Waals surface area (Å²) in [6.07, 6.45) is 1.30. The van der Waals surface area contributed by atoms with Crippen LogP contribution in [0.1, 0.15) is 32.4 Å². The van der Waals surface area contributed by atoms with Gasteiger partial charge in [0.1, 0.15) is 0 Å². The van der Waals surface area contributed by atoms with E-state index in [1.807, 2.05) is 62.8 Å². The van der Waals surface area contributed by atoms with Crippen molar-refractivity contribution >= 4 is 16.8 Å². The quantitative estimate of drug-likeness (QED) is 0.903. The highest BCUT2D eigenvalue weighted by Gasteiger charge is 2.21. The van der Waals surface area contributed by atoms with Gasteiger partial charge in [-0.2, -0.15) is 0 Å². The third-order valence-corrected chi connectivity index (χ3v) is 3.43. The first-order chi connectivity index (χ1) is 9.29. The number of fused-ring (bicyclic) bond motifs is 1. The molecule has 2 rings (SSSR count). The van der Waals surface area contributed by atoms with Gasteiger partial charge in [0.25, 0.3) is 0 Å². The smallest absolute Gasteiger partial charge is 0.225 e. The first-order valence-electron chi connectivity index (χ1n) is 6.80. The first kappa shape index (κ1) is 14.6. The number of nitrogens with zero attached hydrogens (tertiary/aromatic N) is 1. The molecule has 0 spiro atoms. The summed E-state index contributed by atoms with van der Waals surface area (Å²) in [7, 11) is 1.99. The molecule has 0 aliphatic rings. The van der Waals surface area contributed by atoms with Gasteiger partial charge in [0, 0.05) is 30.7 Å². The molecule has 0 bridgehead atoms. The summed E-state index contributed by atoms with van der Waals surface area (Å²) >= 11 is 0. The average Bonchev–Trinajstić information content (AvgIpc) is 2.75. The molecule has 4 heteroatoms. The van der Waals surface area contributed by atoms with Gasteiger partial charge in [-0.25, -0.2) is 0 Å². The molecular formula is C16H22N2O2. The Morgan fingerprint density at radius 3 is 2.70 bits per heavy atom. The van der Waals surface area contributed by atoms with E-state index in [0.717, 1.165) is 16.5 Å². The number of rotatable bonds is 3. The largest absolute Gasteiger partial charge is 0.387 e. The lowest BCUT2D eigenvalue weighted by Crippen LogP contribution is -2.37. The topological polar surface area (TPSA) is 54.3 Å². The predicted molar refractivity (Wildman–Crippen MR) is 80.3 cm³/mol. The molecular weight excluding hydrogens is 252 g/mol. The molecule has 0 saturated carbocycles. The highest BCUT2D eigenvalue weighted by molar-refractivity contribution is 5.82. The maximum absolute atomic E-state index is 11.8. The fourth-order valence-corrected chi connectivity index (χ4v) is 2.08. The van der Waals surface area contributed by atoms with Crippen molar-refractivity contribution < 1.29 is 9.90 Å². The molecule has 108 valence electrons. The number of nitrogens with one attached hydrogen (secondary N) is 1. The Bertz CT molecular complexity index is 623. The van der Waals surface area contributed by atoms with Crippen molar-refractivity contribution in [2.45, 2.75) is 26.9 Å². The van der Waals surface area contributed by atoms with E-state index in [2.05, 4.69) is 5.32 Å². The molecule has 0 saturated heterocycles. The van der Waals surface area contributed by atoms with Crippen LogP contribution < -0.4 is 5.32 Å². The predicted octanol–water partition coefficient (Wildman–Crippen LogP) is 2.37. The van der Waals surface area contributed by atoms with E-state index in [0.29, 0.717) is 0 Å². The van der Waals surface area contributed by atoms with Gasteiger partial charge >= 0.3 is 0 Å². The average molecular weight is 274 g/mol. The Morgan fingerprint density at radius 1 is 1.35 bits per heavy atom. The summed E-state index contributed by atoms with van der Waals surface area (Å²) in [6, 6.07) is 7.86. The summed E-state index contributed by atoms with van der Waals surface area (Å²) in [5, 5.41) is 14.0.